The molecule has 2 aliphatic rings. The van der Waals surface area contributed by atoms with Crippen molar-refractivity contribution in [2.45, 2.75) is 36.6 Å². The van der Waals surface area contributed by atoms with Gasteiger partial charge in [0, 0.05) is 30.1 Å². The maximum Gasteiger partial charge on any atom is 0.243 e. The SMILES string of the molecule is O=C(Nc1ccc(S(=O)(=O)N2CCC(Cc3ccccc3)CC2)cc1)C1CC1[N+](=O)[O-]. The third-order valence-corrected chi connectivity index (χ3v) is 7.98. The minimum absolute atomic E-state index is 0.182. The molecule has 0 spiro atoms. The van der Waals surface area contributed by atoms with Crippen molar-refractivity contribution in [3.05, 3.63) is 70.3 Å². The Kier molecular flexibility index (Phi) is 6.06. The van der Waals surface area contributed by atoms with Gasteiger partial charge in [0.25, 0.3) is 0 Å². The Morgan fingerprint density at radius 3 is 2.29 bits per heavy atom. The van der Waals surface area contributed by atoms with Gasteiger partial charge in [-0.15, -0.1) is 0 Å². The third-order valence-electron chi connectivity index (χ3n) is 6.06. The van der Waals surface area contributed by atoms with Crippen LogP contribution in [-0.4, -0.2) is 42.7 Å². The van der Waals surface area contributed by atoms with Crippen molar-refractivity contribution in [3.63, 3.8) is 0 Å². The Morgan fingerprint density at radius 1 is 1.06 bits per heavy atom. The van der Waals surface area contributed by atoms with Crippen molar-refractivity contribution in [1.82, 2.24) is 4.31 Å². The predicted octanol–water partition coefficient (Wildman–Crippen LogP) is 2.93. The van der Waals surface area contributed by atoms with Gasteiger partial charge in [0.2, 0.25) is 22.0 Å². The molecule has 31 heavy (non-hydrogen) atoms. The zero-order valence-electron chi connectivity index (χ0n) is 17.0. The van der Waals surface area contributed by atoms with Crippen LogP contribution in [0.15, 0.2) is 59.5 Å². The lowest BCUT2D eigenvalue weighted by Crippen LogP contribution is -2.38. The number of benzene rings is 2. The zero-order valence-corrected chi connectivity index (χ0v) is 17.8. The van der Waals surface area contributed by atoms with Crippen LogP contribution < -0.4 is 5.32 Å². The summed E-state index contributed by atoms with van der Waals surface area (Å²) >= 11 is 0. The second-order valence-electron chi connectivity index (χ2n) is 8.25. The van der Waals surface area contributed by atoms with Crippen LogP contribution in [0.3, 0.4) is 0 Å². The lowest BCUT2D eigenvalue weighted by Gasteiger charge is -2.31. The average molecular weight is 444 g/mol. The van der Waals surface area contributed by atoms with Crippen molar-refractivity contribution in [2.75, 3.05) is 18.4 Å². The molecule has 164 valence electrons. The Hall–Kier alpha value is -2.78. The number of nitrogens with one attached hydrogen (secondary N) is 1. The van der Waals surface area contributed by atoms with E-state index in [9.17, 15) is 23.3 Å². The summed E-state index contributed by atoms with van der Waals surface area (Å²) in [7, 11) is -3.60. The van der Waals surface area contributed by atoms with Crippen LogP contribution in [0.2, 0.25) is 0 Å². The number of nitrogens with zero attached hydrogens (tertiary/aromatic N) is 2. The van der Waals surface area contributed by atoms with E-state index in [4.69, 9.17) is 0 Å². The summed E-state index contributed by atoms with van der Waals surface area (Å²) in [6.45, 7) is 0.977. The molecule has 1 aliphatic carbocycles. The molecule has 2 aromatic carbocycles. The largest absolute Gasteiger partial charge is 0.326 e. The summed E-state index contributed by atoms with van der Waals surface area (Å²) in [4.78, 5) is 22.5. The van der Waals surface area contributed by atoms with Gasteiger partial charge in [0.15, 0.2) is 0 Å². The molecule has 1 aliphatic heterocycles. The summed E-state index contributed by atoms with van der Waals surface area (Å²) in [5.74, 6) is -0.551. The second kappa shape index (κ2) is 8.76. The standard InChI is InChI=1S/C22H25N3O5S/c26-22(20-15-21(20)25(27)28)23-18-6-8-19(9-7-18)31(29,30)24-12-10-17(11-13-24)14-16-4-2-1-3-5-16/h1-9,17,20-21H,10-15H2,(H,23,26). The lowest BCUT2D eigenvalue weighted by molar-refractivity contribution is -0.497. The van der Waals surface area contributed by atoms with Gasteiger partial charge in [-0.05, 0) is 55.0 Å². The number of anilines is 1. The molecule has 1 saturated carbocycles. The van der Waals surface area contributed by atoms with Crippen molar-refractivity contribution in [1.29, 1.82) is 0 Å². The first kappa shape index (κ1) is 21.5. The first-order chi connectivity index (χ1) is 14.8. The van der Waals surface area contributed by atoms with E-state index in [0.717, 1.165) is 19.3 Å². The number of carbonyl (C=O) groups is 1. The van der Waals surface area contributed by atoms with Gasteiger partial charge in [0.1, 0.15) is 5.92 Å². The first-order valence-corrected chi connectivity index (χ1v) is 11.9. The topological polar surface area (TPSA) is 110 Å². The first-order valence-electron chi connectivity index (χ1n) is 10.4. The molecule has 0 radical (unpaired) electrons. The molecule has 4 rings (SSSR count). The van der Waals surface area contributed by atoms with Crippen molar-refractivity contribution in [3.8, 4) is 0 Å². The summed E-state index contributed by atoms with van der Waals surface area (Å²) in [5, 5.41) is 13.3. The summed E-state index contributed by atoms with van der Waals surface area (Å²) in [5.41, 5.74) is 1.71. The Bertz CT molecular complexity index is 1050. The average Bonchev–Trinajstić information content (AvgIpc) is 3.57. The van der Waals surface area contributed by atoms with E-state index in [1.807, 2.05) is 18.2 Å². The predicted molar refractivity (Wildman–Crippen MR) is 116 cm³/mol. The van der Waals surface area contributed by atoms with Gasteiger partial charge < -0.3 is 5.32 Å². The van der Waals surface area contributed by atoms with Gasteiger partial charge in [0.05, 0.1) is 4.90 Å². The van der Waals surface area contributed by atoms with Crippen molar-refractivity contribution in [2.24, 2.45) is 11.8 Å². The van der Waals surface area contributed by atoms with Crippen LogP contribution >= 0.6 is 0 Å². The Balaban J connectivity index is 1.32. The van der Waals surface area contributed by atoms with Crippen LogP contribution in [0.5, 0.6) is 0 Å². The fourth-order valence-electron chi connectivity index (χ4n) is 4.09. The molecular formula is C22H25N3O5S. The monoisotopic (exact) mass is 443 g/mol. The van der Waals surface area contributed by atoms with Crippen molar-refractivity contribution >= 4 is 21.6 Å². The van der Waals surface area contributed by atoms with Gasteiger partial charge in [-0.3, -0.25) is 14.9 Å². The Labute approximate surface area is 181 Å². The van der Waals surface area contributed by atoms with E-state index < -0.39 is 32.8 Å². The van der Waals surface area contributed by atoms with Gasteiger partial charge in [-0.1, -0.05) is 30.3 Å². The molecule has 9 heteroatoms. The highest BCUT2D eigenvalue weighted by Crippen LogP contribution is 2.34. The quantitative estimate of drug-likeness (QED) is 0.523. The van der Waals surface area contributed by atoms with E-state index in [0.29, 0.717) is 24.7 Å². The number of amides is 1. The number of nitro groups is 1. The molecule has 1 saturated heterocycles. The number of hydrogen-bond donors (Lipinski definition) is 1. The smallest absolute Gasteiger partial charge is 0.243 e. The Morgan fingerprint density at radius 2 is 1.71 bits per heavy atom. The van der Waals surface area contributed by atoms with Crippen LogP contribution in [-0.2, 0) is 21.2 Å². The molecule has 8 nitrogen and oxygen atoms in total. The van der Waals surface area contributed by atoms with E-state index in [-0.39, 0.29) is 11.3 Å². The van der Waals surface area contributed by atoms with Gasteiger partial charge >= 0.3 is 0 Å². The number of hydrogen-bond acceptors (Lipinski definition) is 5. The number of sulfonamides is 1. The molecule has 1 amide bonds. The van der Waals surface area contributed by atoms with E-state index in [2.05, 4.69) is 17.4 Å². The second-order valence-corrected chi connectivity index (χ2v) is 10.2. The maximum atomic E-state index is 13.0. The molecule has 0 bridgehead atoms. The normalized spacial score (nSPS) is 22.1. The maximum absolute atomic E-state index is 13.0. The van der Waals surface area contributed by atoms with E-state index in [1.54, 1.807) is 0 Å². The highest BCUT2D eigenvalue weighted by atomic mass is 32.2. The van der Waals surface area contributed by atoms with Crippen molar-refractivity contribution < 1.29 is 18.1 Å². The summed E-state index contributed by atoms with van der Waals surface area (Å²) in [6.07, 6.45) is 2.84. The van der Waals surface area contributed by atoms with E-state index in [1.165, 1.54) is 34.1 Å². The minimum Gasteiger partial charge on any atom is -0.326 e. The highest BCUT2D eigenvalue weighted by molar-refractivity contribution is 7.89. The molecule has 2 fully saturated rings. The van der Waals surface area contributed by atoms with Crippen LogP contribution in [0.4, 0.5) is 5.69 Å². The molecule has 2 unspecified atom stereocenters. The molecule has 0 aromatic heterocycles. The lowest BCUT2D eigenvalue weighted by atomic mass is 9.91. The molecular weight excluding hydrogens is 418 g/mol. The molecule has 1 N–H and O–H groups in total. The summed E-state index contributed by atoms with van der Waals surface area (Å²) < 4.78 is 27.5. The highest BCUT2D eigenvalue weighted by Gasteiger charge is 2.53. The summed E-state index contributed by atoms with van der Waals surface area (Å²) in [6, 6.07) is 15.4. The number of carbonyl (C=O) groups excluding carboxylic acids is 1. The fourth-order valence-corrected chi connectivity index (χ4v) is 5.56. The third kappa shape index (κ3) is 4.94. The molecule has 2 atom stereocenters. The molecule has 2 aromatic rings. The molecule has 1 heterocycles. The van der Waals surface area contributed by atoms with Gasteiger partial charge in [-0.25, -0.2) is 8.42 Å². The minimum atomic E-state index is -3.60. The van der Waals surface area contributed by atoms with E-state index >= 15 is 0 Å². The van der Waals surface area contributed by atoms with Gasteiger partial charge in [-0.2, -0.15) is 4.31 Å². The van der Waals surface area contributed by atoms with Crippen LogP contribution in [0.1, 0.15) is 24.8 Å². The van der Waals surface area contributed by atoms with Crippen LogP contribution in [0.25, 0.3) is 0 Å². The zero-order chi connectivity index (χ0) is 22.0. The fraction of sp³-hybridized carbons (Fsp3) is 0.409. The number of rotatable bonds is 7. The number of piperidine rings is 1. The van der Waals surface area contributed by atoms with Crippen LogP contribution in [0, 0.1) is 22.0 Å².